The van der Waals surface area contributed by atoms with Crippen LogP contribution < -0.4 is 0 Å². The Labute approximate surface area is 129 Å². The first kappa shape index (κ1) is 14.6. The fourth-order valence-corrected chi connectivity index (χ4v) is 2.78. The van der Waals surface area contributed by atoms with Crippen molar-refractivity contribution in [2.45, 2.75) is 18.9 Å². The Bertz CT molecular complexity index is 639. The maximum Gasteiger partial charge on any atom is 0.237 e. The molecule has 7 nitrogen and oxygen atoms in total. The summed E-state index contributed by atoms with van der Waals surface area (Å²) in [5.74, 6) is 0.865. The Morgan fingerprint density at radius 2 is 2.23 bits per heavy atom. The maximum absolute atomic E-state index is 12.4. The van der Waals surface area contributed by atoms with E-state index in [2.05, 4.69) is 15.0 Å². The fraction of sp³-hybridized carbons (Fsp3) is 0.467. The van der Waals surface area contributed by atoms with Gasteiger partial charge in [0.25, 0.3) is 0 Å². The van der Waals surface area contributed by atoms with Gasteiger partial charge in [-0.25, -0.2) is 9.97 Å². The van der Waals surface area contributed by atoms with E-state index in [4.69, 9.17) is 0 Å². The third kappa shape index (κ3) is 2.99. The zero-order valence-corrected chi connectivity index (χ0v) is 12.9. The van der Waals surface area contributed by atoms with E-state index in [-0.39, 0.29) is 11.9 Å². The Morgan fingerprint density at radius 3 is 2.95 bits per heavy atom. The first-order valence-corrected chi connectivity index (χ1v) is 7.39. The predicted molar refractivity (Wildman–Crippen MR) is 81.4 cm³/mol. The van der Waals surface area contributed by atoms with Crippen LogP contribution in [-0.4, -0.2) is 62.4 Å². The van der Waals surface area contributed by atoms with Crippen molar-refractivity contribution in [3.05, 3.63) is 36.8 Å². The van der Waals surface area contributed by atoms with Crippen molar-refractivity contribution >= 4 is 5.91 Å². The van der Waals surface area contributed by atoms with E-state index in [1.165, 1.54) is 0 Å². The average Bonchev–Trinajstić information content (AvgIpc) is 3.18. The van der Waals surface area contributed by atoms with Gasteiger partial charge in [0, 0.05) is 18.9 Å². The SMILES string of the molecule is CN(C)CC(=O)N1CCC[C@H]1c1cncc(-n2ccnc2)n1. The van der Waals surface area contributed by atoms with Crippen LogP contribution in [0.4, 0.5) is 0 Å². The molecule has 1 fully saturated rings. The standard InChI is InChI=1S/C15H20N6O/c1-19(2)10-15(22)21-6-3-4-13(21)12-8-17-9-14(18-12)20-7-5-16-11-20/h5,7-9,11,13H,3-4,6,10H2,1-2H3/t13-/m0/s1. The van der Waals surface area contributed by atoms with Gasteiger partial charge in [-0.1, -0.05) is 0 Å². The average molecular weight is 300 g/mol. The van der Waals surface area contributed by atoms with Crippen molar-refractivity contribution in [3.8, 4) is 5.82 Å². The van der Waals surface area contributed by atoms with Crippen molar-refractivity contribution in [1.82, 2.24) is 29.3 Å². The summed E-state index contributed by atoms with van der Waals surface area (Å²) in [4.78, 5) is 29.2. The van der Waals surface area contributed by atoms with Gasteiger partial charge in [0.2, 0.25) is 5.91 Å². The molecule has 0 N–H and O–H groups in total. The smallest absolute Gasteiger partial charge is 0.237 e. The third-order valence-electron chi connectivity index (χ3n) is 3.78. The van der Waals surface area contributed by atoms with E-state index >= 15 is 0 Å². The summed E-state index contributed by atoms with van der Waals surface area (Å²) >= 11 is 0. The number of carbonyl (C=O) groups excluding carboxylic acids is 1. The highest BCUT2D eigenvalue weighted by Gasteiger charge is 2.31. The molecule has 1 saturated heterocycles. The Kier molecular flexibility index (Phi) is 4.15. The molecule has 1 aliphatic rings. The van der Waals surface area contributed by atoms with Gasteiger partial charge in [0.1, 0.15) is 6.33 Å². The van der Waals surface area contributed by atoms with Crippen LogP contribution in [0.3, 0.4) is 0 Å². The molecular weight excluding hydrogens is 280 g/mol. The van der Waals surface area contributed by atoms with Gasteiger partial charge in [0.15, 0.2) is 5.82 Å². The molecular formula is C15H20N6O. The number of likely N-dealkylation sites (N-methyl/N-ethyl adjacent to an activating group) is 1. The van der Waals surface area contributed by atoms with E-state index in [9.17, 15) is 4.79 Å². The van der Waals surface area contributed by atoms with Gasteiger partial charge in [0.05, 0.1) is 30.7 Å². The third-order valence-corrected chi connectivity index (χ3v) is 3.78. The Balaban J connectivity index is 1.83. The summed E-state index contributed by atoms with van der Waals surface area (Å²) in [6.45, 7) is 1.21. The lowest BCUT2D eigenvalue weighted by atomic mass is 10.1. The molecule has 0 aliphatic carbocycles. The van der Waals surface area contributed by atoms with Crippen LogP contribution >= 0.6 is 0 Å². The molecule has 7 heteroatoms. The van der Waals surface area contributed by atoms with Crippen molar-refractivity contribution in [2.24, 2.45) is 0 Å². The minimum absolute atomic E-state index is 0.0171. The van der Waals surface area contributed by atoms with Gasteiger partial charge in [-0.2, -0.15) is 0 Å². The van der Waals surface area contributed by atoms with Crippen LogP contribution in [0.1, 0.15) is 24.6 Å². The normalized spacial score (nSPS) is 18.1. The van der Waals surface area contributed by atoms with E-state index in [1.54, 1.807) is 24.9 Å². The van der Waals surface area contributed by atoms with E-state index in [0.717, 1.165) is 30.9 Å². The second-order valence-corrected chi connectivity index (χ2v) is 5.76. The molecule has 0 aromatic carbocycles. The lowest BCUT2D eigenvalue weighted by Gasteiger charge is -2.25. The van der Waals surface area contributed by atoms with Crippen LogP contribution in [-0.2, 0) is 4.79 Å². The lowest BCUT2D eigenvalue weighted by Crippen LogP contribution is -2.37. The quantitative estimate of drug-likeness (QED) is 0.839. The molecule has 0 unspecified atom stereocenters. The van der Waals surface area contributed by atoms with Crippen LogP contribution in [0.5, 0.6) is 0 Å². The molecule has 22 heavy (non-hydrogen) atoms. The lowest BCUT2D eigenvalue weighted by molar-refractivity contribution is -0.132. The van der Waals surface area contributed by atoms with Crippen molar-refractivity contribution < 1.29 is 4.79 Å². The molecule has 2 aromatic heterocycles. The molecule has 2 aromatic rings. The molecule has 116 valence electrons. The zero-order valence-electron chi connectivity index (χ0n) is 12.9. The number of aromatic nitrogens is 4. The second kappa shape index (κ2) is 6.23. The Morgan fingerprint density at radius 1 is 1.36 bits per heavy atom. The number of likely N-dealkylation sites (tertiary alicyclic amines) is 1. The first-order chi connectivity index (χ1) is 10.6. The molecule has 3 heterocycles. The van der Waals surface area contributed by atoms with Crippen LogP contribution in [0.25, 0.3) is 5.82 Å². The number of imidazole rings is 1. The van der Waals surface area contributed by atoms with Crippen LogP contribution in [0.2, 0.25) is 0 Å². The largest absolute Gasteiger partial charge is 0.333 e. The Hall–Kier alpha value is -2.28. The number of hydrogen-bond donors (Lipinski definition) is 0. The number of carbonyl (C=O) groups is 1. The summed E-state index contributed by atoms with van der Waals surface area (Å²) in [6, 6.07) is 0.0171. The van der Waals surface area contributed by atoms with Gasteiger partial charge in [-0.15, -0.1) is 0 Å². The summed E-state index contributed by atoms with van der Waals surface area (Å²) in [5.41, 5.74) is 0.843. The van der Waals surface area contributed by atoms with E-state index in [1.807, 2.05) is 34.7 Å². The summed E-state index contributed by atoms with van der Waals surface area (Å²) in [5, 5.41) is 0. The van der Waals surface area contributed by atoms with E-state index < -0.39 is 0 Å². The monoisotopic (exact) mass is 300 g/mol. The maximum atomic E-state index is 12.4. The molecule has 1 amide bonds. The molecule has 1 aliphatic heterocycles. The van der Waals surface area contributed by atoms with Gasteiger partial charge in [-0.3, -0.25) is 14.3 Å². The van der Waals surface area contributed by atoms with Crippen molar-refractivity contribution in [3.63, 3.8) is 0 Å². The van der Waals surface area contributed by atoms with Crippen LogP contribution in [0, 0.1) is 0 Å². The highest BCUT2D eigenvalue weighted by Crippen LogP contribution is 2.30. The van der Waals surface area contributed by atoms with Gasteiger partial charge >= 0.3 is 0 Å². The highest BCUT2D eigenvalue weighted by atomic mass is 16.2. The minimum Gasteiger partial charge on any atom is -0.333 e. The molecule has 0 saturated carbocycles. The second-order valence-electron chi connectivity index (χ2n) is 5.76. The molecule has 0 bridgehead atoms. The van der Waals surface area contributed by atoms with E-state index in [0.29, 0.717) is 6.54 Å². The van der Waals surface area contributed by atoms with Gasteiger partial charge in [-0.05, 0) is 26.9 Å². The first-order valence-electron chi connectivity index (χ1n) is 7.39. The summed E-state index contributed by atoms with van der Waals surface area (Å²) in [6.07, 6.45) is 10.6. The van der Waals surface area contributed by atoms with Crippen molar-refractivity contribution in [2.75, 3.05) is 27.2 Å². The number of amides is 1. The topological polar surface area (TPSA) is 67.2 Å². The molecule has 1 atom stereocenters. The predicted octanol–water partition coefficient (Wildman–Crippen LogP) is 0.887. The van der Waals surface area contributed by atoms with Crippen LogP contribution in [0.15, 0.2) is 31.1 Å². The summed E-state index contributed by atoms with van der Waals surface area (Å²) in [7, 11) is 3.81. The molecule has 0 spiro atoms. The molecule has 3 rings (SSSR count). The van der Waals surface area contributed by atoms with Gasteiger partial charge < -0.3 is 9.80 Å². The molecule has 0 radical (unpaired) electrons. The fourth-order valence-electron chi connectivity index (χ4n) is 2.78. The highest BCUT2D eigenvalue weighted by molar-refractivity contribution is 5.79. The minimum atomic E-state index is 0.0171. The number of nitrogens with zero attached hydrogens (tertiary/aromatic N) is 6. The zero-order chi connectivity index (χ0) is 15.5. The van der Waals surface area contributed by atoms with Crippen molar-refractivity contribution in [1.29, 1.82) is 0 Å². The number of rotatable bonds is 4. The number of hydrogen-bond acceptors (Lipinski definition) is 5. The summed E-state index contributed by atoms with van der Waals surface area (Å²) < 4.78 is 1.82.